The van der Waals surface area contributed by atoms with Crippen LogP contribution in [0.5, 0.6) is 0 Å². The number of halogens is 2. The highest BCUT2D eigenvalue weighted by atomic mass is 35.5. The highest BCUT2D eigenvalue weighted by Crippen LogP contribution is 2.29. The van der Waals surface area contributed by atoms with Gasteiger partial charge in [-0.2, -0.15) is 0 Å². The predicted molar refractivity (Wildman–Crippen MR) is 73.9 cm³/mol. The minimum atomic E-state index is -0.236. The molecule has 0 aliphatic heterocycles. The number of aromatic nitrogens is 2. The highest BCUT2D eigenvalue weighted by Gasteiger charge is 2.12. The molecule has 90 valence electrons. The van der Waals surface area contributed by atoms with Gasteiger partial charge in [0.15, 0.2) is 0 Å². The fraction of sp³-hybridized carbons (Fsp3) is 0. The van der Waals surface area contributed by atoms with Crippen molar-refractivity contribution in [1.82, 2.24) is 9.55 Å². The van der Waals surface area contributed by atoms with Crippen molar-refractivity contribution in [3.8, 4) is 5.69 Å². The summed E-state index contributed by atoms with van der Waals surface area (Å²) in [4.78, 5) is 14.8. The average molecular weight is 279 g/mol. The van der Waals surface area contributed by atoms with E-state index in [1.807, 2.05) is 24.3 Å². The van der Waals surface area contributed by atoms with E-state index in [4.69, 9.17) is 23.2 Å². The lowest BCUT2D eigenvalue weighted by Gasteiger charge is -2.06. The molecule has 0 amide bonds. The second kappa shape index (κ2) is 4.19. The predicted octanol–water partition coefficient (Wildman–Crippen LogP) is 3.63. The summed E-state index contributed by atoms with van der Waals surface area (Å²) in [5, 5.41) is 0.789. The van der Waals surface area contributed by atoms with Gasteiger partial charge in [-0.05, 0) is 24.3 Å². The maximum atomic E-state index is 12.0. The van der Waals surface area contributed by atoms with Crippen LogP contribution in [-0.2, 0) is 0 Å². The topological polar surface area (TPSA) is 37.8 Å². The van der Waals surface area contributed by atoms with Gasteiger partial charge in [-0.25, -0.2) is 4.79 Å². The van der Waals surface area contributed by atoms with Gasteiger partial charge >= 0.3 is 5.69 Å². The maximum absolute atomic E-state index is 12.0. The van der Waals surface area contributed by atoms with E-state index in [0.717, 1.165) is 11.0 Å². The minimum absolute atomic E-state index is 0.236. The Kier molecular flexibility index (Phi) is 2.65. The molecule has 0 atom stereocenters. The summed E-state index contributed by atoms with van der Waals surface area (Å²) >= 11 is 12.1. The quantitative estimate of drug-likeness (QED) is 0.725. The number of H-pyrrole nitrogens is 1. The van der Waals surface area contributed by atoms with Crippen molar-refractivity contribution in [2.75, 3.05) is 0 Å². The number of nitrogens with one attached hydrogen (secondary N) is 1. The van der Waals surface area contributed by atoms with E-state index in [1.54, 1.807) is 18.2 Å². The van der Waals surface area contributed by atoms with Crippen LogP contribution in [0.3, 0.4) is 0 Å². The summed E-state index contributed by atoms with van der Waals surface area (Å²) in [5.41, 5.74) is 1.87. The highest BCUT2D eigenvalue weighted by molar-refractivity contribution is 6.43. The van der Waals surface area contributed by atoms with Crippen molar-refractivity contribution >= 4 is 34.2 Å². The fourth-order valence-electron chi connectivity index (χ4n) is 1.96. The van der Waals surface area contributed by atoms with E-state index in [1.165, 1.54) is 4.57 Å². The Hall–Kier alpha value is -1.71. The van der Waals surface area contributed by atoms with Gasteiger partial charge in [-0.3, -0.25) is 4.57 Å². The molecule has 18 heavy (non-hydrogen) atoms. The molecule has 1 heterocycles. The van der Waals surface area contributed by atoms with Crippen LogP contribution in [0.1, 0.15) is 0 Å². The number of hydrogen-bond acceptors (Lipinski definition) is 1. The van der Waals surface area contributed by atoms with Crippen LogP contribution >= 0.6 is 23.2 Å². The molecule has 3 aromatic rings. The average Bonchev–Trinajstić information content (AvgIpc) is 2.69. The molecule has 0 saturated carbocycles. The summed E-state index contributed by atoms with van der Waals surface area (Å²) in [7, 11) is 0. The molecule has 0 radical (unpaired) electrons. The largest absolute Gasteiger partial charge is 0.331 e. The summed E-state index contributed by atoms with van der Waals surface area (Å²) in [5.74, 6) is 0. The van der Waals surface area contributed by atoms with E-state index in [9.17, 15) is 4.79 Å². The van der Waals surface area contributed by atoms with Crippen LogP contribution in [0.25, 0.3) is 16.7 Å². The number of imidazole rings is 1. The SMILES string of the molecule is O=c1[nH]c2ccccc2n1-c1cccc(Cl)c1Cl. The number of nitrogens with zero attached hydrogens (tertiary/aromatic N) is 1. The van der Waals surface area contributed by atoms with Crippen molar-refractivity contribution in [3.63, 3.8) is 0 Å². The summed E-state index contributed by atoms with van der Waals surface area (Å²) in [6, 6.07) is 12.6. The summed E-state index contributed by atoms with van der Waals surface area (Å²) < 4.78 is 1.52. The van der Waals surface area contributed by atoms with Gasteiger partial charge in [0.2, 0.25) is 0 Å². The van der Waals surface area contributed by atoms with Gasteiger partial charge < -0.3 is 4.98 Å². The minimum Gasteiger partial charge on any atom is -0.305 e. The van der Waals surface area contributed by atoms with E-state index in [0.29, 0.717) is 15.7 Å². The van der Waals surface area contributed by atoms with Gasteiger partial charge in [0, 0.05) is 0 Å². The Morgan fingerprint density at radius 1 is 1.00 bits per heavy atom. The van der Waals surface area contributed by atoms with Gasteiger partial charge in [0.1, 0.15) is 0 Å². The fourth-order valence-corrected chi connectivity index (χ4v) is 2.34. The van der Waals surface area contributed by atoms with Crippen molar-refractivity contribution in [3.05, 3.63) is 63.0 Å². The Labute approximate surface area is 113 Å². The molecule has 0 aliphatic carbocycles. The number of rotatable bonds is 1. The first-order chi connectivity index (χ1) is 8.68. The Balaban J connectivity index is 2.42. The lowest BCUT2D eigenvalue weighted by atomic mass is 10.3. The Bertz CT molecular complexity index is 789. The molecule has 0 bridgehead atoms. The zero-order valence-electron chi connectivity index (χ0n) is 9.15. The number of para-hydroxylation sites is 2. The normalized spacial score (nSPS) is 11.0. The third kappa shape index (κ3) is 1.64. The Morgan fingerprint density at radius 2 is 1.78 bits per heavy atom. The molecule has 0 aliphatic rings. The third-order valence-electron chi connectivity index (χ3n) is 2.76. The molecule has 0 fully saturated rings. The van der Waals surface area contributed by atoms with Crippen molar-refractivity contribution in [2.45, 2.75) is 0 Å². The zero-order valence-corrected chi connectivity index (χ0v) is 10.7. The third-order valence-corrected chi connectivity index (χ3v) is 3.57. The first-order valence-electron chi connectivity index (χ1n) is 5.32. The summed E-state index contributed by atoms with van der Waals surface area (Å²) in [6.45, 7) is 0. The van der Waals surface area contributed by atoms with Crippen molar-refractivity contribution in [2.24, 2.45) is 0 Å². The Morgan fingerprint density at radius 3 is 2.61 bits per heavy atom. The van der Waals surface area contributed by atoms with Gasteiger partial charge in [0.25, 0.3) is 0 Å². The second-order valence-electron chi connectivity index (χ2n) is 3.86. The van der Waals surface area contributed by atoms with E-state index >= 15 is 0 Å². The monoisotopic (exact) mass is 278 g/mol. The van der Waals surface area contributed by atoms with Crippen LogP contribution in [0.15, 0.2) is 47.3 Å². The number of fused-ring (bicyclic) bond motifs is 1. The van der Waals surface area contributed by atoms with Gasteiger partial charge in [-0.15, -0.1) is 0 Å². The maximum Gasteiger partial charge on any atom is 0.331 e. The summed E-state index contributed by atoms with van der Waals surface area (Å²) in [6.07, 6.45) is 0. The molecule has 2 aromatic carbocycles. The smallest absolute Gasteiger partial charge is 0.305 e. The molecule has 1 aromatic heterocycles. The second-order valence-corrected chi connectivity index (χ2v) is 4.64. The lowest BCUT2D eigenvalue weighted by molar-refractivity contribution is 1.02. The van der Waals surface area contributed by atoms with Crippen LogP contribution in [0, 0.1) is 0 Å². The molecule has 0 unspecified atom stereocenters. The van der Waals surface area contributed by atoms with Crippen LogP contribution < -0.4 is 5.69 Å². The number of hydrogen-bond donors (Lipinski definition) is 1. The molecule has 3 rings (SSSR count). The molecule has 0 spiro atoms. The van der Waals surface area contributed by atoms with Gasteiger partial charge in [-0.1, -0.05) is 41.4 Å². The van der Waals surface area contributed by atoms with E-state index in [-0.39, 0.29) is 5.69 Å². The van der Waals surface area contributed by atoms with Crippen molar-refractivity contribution < 1.29 is 0 Å². The molecular formula is C13H8Cl2N2O. The van der Waals surface area contributed by atoms with Crippen LogP contribution in [0.4, 0.5) is 0 Å². The number of benzene rings is 2. The molecule has 3 nitrogen and oxygen atoms in total. The molecular weight excluding hydrogens is 271 g/mol. The van der Waals surface area contributed by atoms with Crippen molar-refractivity contribution in [1.29, 1.82) is 0 Å². The van der Waals surface area contributed by atoms with E-state index in [2.05, 4.69) is 4.98 Å². The lowest BCUT2D eigenvalue weighted by Crippen LogP contribution is -2.14. The first kappa shape index (κ1) is 11.4. The zero-order chi connectivity index (χ0) is 12.7. The van der Waals surface area contributed by atoms with Crippen LogP contribution in [0.2, 0.25) is 10.0 Å². The van der Waals surface area contributed by atoms with Gasteiger partial charge in [0.05, 0.1) is 26.8 Å². The molecule has 1 N–H and O–H groups in total. The standard InChI is InChI=1S/C13H8Cl2N2O/c14-8-4-3-7-11(12(8)15)17-10-6-2-1-5-9(10)16-13(17)18/h1-7H,(H,16,18). The number of aromatic amines is 1. The molecule has 5 heteroatoms. The van der Waals surface area contributed by atoms with E-state index < -0.39 is 0 Å². The van der Waals surface area contributed by atoms with Crippen LogP contribution in [-0.4, -0.2) is 9.55 Å². The molecule has 0 saturated heterocycles. The first-order valence-corrected chi connectivity index (χ1v) is 6.08.